The first-order valence-electron chi connectivity index (χ1n) is 4.96. The number of carbonyl (C=O) groups excluding carboxylic acids is 1. The number of amides is 1. The number of carbonyl (C=O) groups is 1. The van der Waals surface area contributed by atoms with Crippen LogP contribution in [-0.2, 0) is 11.3 Å². The van der Waals surface area contributed by atoms with Gasteiger partial charge in [0.15, 0.2) is 0 Å². The van der Waals surface area contributed by atoms with Crippen molar-refractivity contribution in [2.24, 2.45) is 5.84 Å². The maximum atomic E-state index is 11.1. The number of rotatable bonds is 5. The highest BCUT2D eigenvalue weighted by atomic mass is 16.1. The van der Waals surface area contributed by atoms with Gasteiger partial charge in [0.05, 0.1) is 6.54 Å². The molecule has 16 heavy (non-hydrogen) atoms. The van der Waals surface area contributed by atoms with Gasteiger partial charge in [-0.15, -0.1) is 0 Å². The van der Waals surface area contributed by atoms with Gasteiger partial charge in [0.25, 0.3) is 0 Å². The molecule has 1 heterocycles. The van der Waals surface area contributed by atoms with Crippen LogP contribution in [-0.4, -0.2) is 36.4 Å². The van der Waals surface area contributed by atoms with Gasteiger partial charge in [0.1, 0.15) is 5.82 Å². The van der Waals surface area contributed by atoms with Gasteiger partial charge in [0.2, 0.25) is 5.91 Å². The molecule has 0 unspecified atom stereocenters. The quantitative estimate of drug-likeness (QED) is 0.465. The van der Waals surface area contributed by atoms with Crippen LogP contribution < -0.4 is 16.6 Å². The number of nitrogens with zero attached hydrogens (tertiary/aromatic N) is 2. The van der Waals surface area contributed by atoms with Crippen molar-refractivity contribution in [3.8, 4) is 0 Å². The van der Waals surface area contributed by atoms with Crippen molar-refractivity contribution in [1.29, 1.82) is 0 Å². The molecule has 0 bridgehead atoms. The molecule has 0 atom stereocenters. The number of nitrogens with two attached hydrogens (primary N) is 1. The van der Waals surface area contributed by atoms with E-state index in [2.05, 4.69) is 15.7 Å². The number of hydrogen-bond acceptors (Lipinski definition) is 5. The summed E-state index contributed by atoms with van der Waals surface area (Å²) in [5.74, 6) is 5.87. The van der Waals surface area contributed by atoms with E-state index in [4.69, 9.17) is 5.84 Å². The molecule has 0 fully saturated rings. The number of anilines is 1. The molecule has 0 spiro atoms. The van der Waals surface area contributed by atoms with Crippen LogP contribution in [0.2, 0.25) is 0 Å². The first-order chi connectivity index (χ1) is 7.65. The van der Waals surface area contributed by atoms with E-state index in [0.717, 1.165) is 5.56 Å². The minimum absolute atomic E-state index is 0.00581. The fourth-order valence-corrected chi connectivity index (χ4v) is 1.34. The van der Waals surface area contributed by atoms with Gasteiger partial charge < -0.3 is 10.7 Å². The number of hydrogen-bond donors (Lipinski definition) is 3. The molecule has 1 aromatic rings. The first kappa shape index (κ1) is 12.4. The van der Waals surface area contributed by atoms with Crippen molar-refractivity contribution in [2.75, 3.05) is 26.1 Å². The summed E-state index contributed by atoms with van der Waals surface area (Å²) >= 11 is 0. The molecular formula is C10H17N5O. The van der Waals surface area contributed by atoms with Crippen molar-refractivity contribution in [2.45, 2.75) is 6.54 Å². The number of aromatic nitrogens is 1. The molecule has 0 saturated carbocycles. The summed E-state index contributed by atoms with van der Waals surface area (Å²) in [5.41, 5.74) is 3.53. The molecule has 0 saturated heterocycles. The van der Waals surface area contributed by atoms with Gasteiger partial charge in [-0.1, -0.05) is 0 Å². The largest absolute Gasteiger partial charge is 0.358 e. The molecule has 0 aliphatic rings. The molecule has 0 aliphatic heterocycles. The van der Waals surface area contributed by atoms with Gasteiger partial charge in [-0.2, -0.15) is 0 Å². The lowest BCUT2D eigenvalue weighted by Crippen LogP contribution is -2.32. The predicted molar refractivity (Wildman–Crippen MR) is 62.4 cm³/mol. The molecule has 6 nitrogen and oxygen atoms in total. The van der Waals surface area contributed by atoms with Crippen molar-refractivity contribution < 1.29 is 4.79 Å². The summed E-state index contributed by atoms with van der Waals surface area (Å²) in [4.78, 5) is 17.1. The normalized spacial score (nSPS) is 10.2. The van der Waals surface area contributed by atoms with E-state index in [-0.39, 0.29) is 5.91 Å². The van der Waals surface area contributed by atoms with E-state index in [1.54, 1.807) is 13.2 Å². The van der Waals surface area contributed by atoms with Crippen LogP contribution in [0.1, 0.15) is 5.56 Å². The molecule has 0 aromatic carbocycles. The third kappa shape index (κ3) is 3.84. The van der Waals surface area contributed by atoms with E-state index in [9.17, 15) is 4.79 Å². The third-order valence-electron chi connectivity index (χ3n) is 2.12. The molecule has 88 valence electrons. The van der Waals surface area contributed by atoms with E-state index >= 15 is 0 Å². The van der Waals surface area contributed by atoms with Gasteiger partial charge in [-0.3, -0.25) is 9.69 Å². The standard InChI is InChI=1S/C10H17N5O/c1-12-10(16)7-15(2)6-8-3-4-13-9(5-8)14-11/h3-5H,6-7,11H2,1-2H3,(H,12,16)(H,13,14). The Balaban J connectivity index is 2.55. The van der Waals surface area contributed by atoms with Crippen LogP contribution in [0.25, 0.3) is 0 Å². The van der Waals surface area contributed by atoms with Gasteiger partial charge in [-0.25, -0.2) is 10.8 Å². The summed E-state index contributed by atoms with van der Waals surface area (Å²) in [6.07, 6.45) is 1.68. The predicted octanol–water partition coefficient (Wildman–Crippen LogP) is -0.455. The Bertz CT molecular complexity index is 355. The van der Waals surface area contributed by atoms with Crippen LogP contribution in [0.15, 0.2) is 18.3 Å². The fourth-order valence-electron chi connectivity index (χ4n) is 1.34. The Morgan fingerprint density at radius 3 is 3.00 bits per heavy atom. The number of nitrogens with one attached hydrogen (secondary N) is 2. The fraction of sp³-hybridized carbons (Fsp3) is 0.400. The Morgan fingerprint density at radius 1 is 1.62 bits per heavy atom. The zero-order chi connectivity index (χ0) is 12.0. The second-order valence-electron chi connectivity index (χ2n) is 3.54. The molecule has 0 aliphatic carbocycles. The number of pyridine rings is 1. The maximum absolute atomic E-state index is 11.1. The highest BCUT2D eigenvalue weighted by molar-refractivity contribution is 5.77. The lowest BCUT2D eigenvalue weighted by atomic mass is 10.2. The number of hydrazine groups is 1. The topological polar surface area (TPSA) is 83.3 Å². The maximum Gasteiger partial charge on any atom is 0.233 e. The van der Waals surface area contributed by atoms with Crippen molar-refractivity contribution in [3.05, 3.63) is 23.9 Å². The average molecular weight is 223 g/mol. The van der Waals surface area contributed by atoms with Crippen molar-refractivity contribution in [1.82, 2.24) is 15.2 Å². The SMILES string of the molecule is CNC(=O)CN(C)Cc1ccnc(NN)c1. The lowest BCUT2D eigenvalue weighted by molar-refractivity contribution is -0.121. The highest BCUT2D eigenvalue weighted by Gasteiger charge is 2.05. The Labute approximate surface area is 94.8 Å². The van der Waals surface area contributed by atoms with Crippen LogP contribution in [0.5, 0.6) is 0 Å². The molecule has 1 rings (SSSR count). The average Bonchev–Trinajstić information content (AvgIpc) is 2.28. The third-order valence-corrected chi connectivity index (χ3v) is 2.12. The minimum atomic E-state index is -0.00581. The zero-order valence-electron chi connectivity index (χ0n) is 9.53. The van der Waals surface area contributed by atoms with Crippen molar-refractivity contribution in [3.63, 3.8) is 0 Å². The second kappa shape index (κ2) is 6.04. The van der Waals surface area contributed by atoms with Gasteiger partial charge >= 0.3 is 0 Å². The zero-order valence-corrected chi connectivity index (χ0v) is 9.53. The molecular weight excluding hydrogens is 206 g/mol. The second-order valence-corrected chi connectivity index (χ2v) is 3.54. The van der Waals surface area contributed by atoms with E-state index in [0.29, 0.717) is 18.9 Å². The monoisotopic (exact) mass is 223 g/mol. The summed E-state index contributed by atoms with van der Waals surface area (Å²) < 4.78 is 0. The Morgan fingerprint density at radius 2 is 2.38 bits per heavy atom. The first-order valence-corrected chi connectivity index (χ1v) is 4.96. The van der Waals surface area contributed by atoms with Crippen LogP contribution in [0, 0.1) is 0 Å². The van der Waals surface area contributed by atoms with Crippen molar-refractivity contribution >= 4 is 11.7 Å². The summed E-state index contributed by atoms with van der Waals surface area (Å²) in [5, 5.41) is 2.58. The van der Waals surface area contributed by atoms with E-state index in [1.807, 2.05) is 24.1 Å². The minimum Gasteiger partial charge on any atom is -0.358 e. The van der Waals surface area contributed by atoms with Crippen LogP contribution >= 0.6 is 0 Å². The highest BCUT2D eigenvalue weighted by Crippen LogP contribution is 2.07. The number of likely N-dealkylation sites (N-methyl/N-ethyl adjacent to an activating group) is 2. The van der Waals surface area contributed by atoms with E-state index in [1.165, 1.54) is 0 Å². The van der Waals surface area contributed by atoms with E-state index < -0.39 is 0 Å². The molecule has 1 aromatic heterocycles. The van der Waals surface area contributed by atoms with Crippen LogP contribution in [0.3, 0.4) is 0 Å². The molecule has 0 radical (unpaired) electrons. The lowest BCUT2D eigenvalue weighted by Gasteiger charge is -2.15. The summed E-state index contributed by atoms with van der Waals surface area (Å²) in [6, 6.07) is 3.74. The summed E-state index contributed by atoms with van der Waals surface area (Å²) in [7, 11) is 3.50. The summed E-state index contributed by atoms with van der Waals surface area (Å²) in [6.45, 7) is 1.04. The number of nitrogen functional groups attached to an aromatic ring is 1. The van der Waals surface area contributed by atoms with Gasteiger partial charge in [0, 0.05) is 19.8 Å². The smallest absolute Gasteiger partial charge is 0.233 e. The molecule has 6 heteroatoms. The van der Waals surface area contributed by atoms with Gasteiger partial charge in [-0.05, 0) is 24.7 Å². The Kier molecular flexibility index (Phi) is 4.68. The molecule has 1 amide bonds. The molecule has 4 N–H and O–H groups in total. The van der Waals surface area contributed by atoms with Crippen LogP contribution in [0.4, 0.5) is 5.82 Å². The Hall–Kier alpha value is -1.66.